The summed E-state index contributed by atoms with van der Waals surface area (Å²) in [5, 5.41) is 11.4. The van der Waals surface area contributed by atoms with Crippen LogP contribution in [0.1, 0.15) is 140 Å². The SMILES string of the molecule is CC(C)c1cc(C(C)C)c([C@@H](C)O[C@H]2C[C@@H]3[C@H](OCc4ccccc4)C[C@@H](C)[C@H]4C[C@@](C)(O)C[C@@H]2N43)c(C(C)C)c1. The van der Waals surface area contributed by atoms with E-state index in [1.807, 2.05) is 6.92 Å². The Labute approximate surface area is 249 Å². The third-order valence-electron chi connectivity index (χ3n) is 10.3. The molecule has 41 heavy (non-hydrogen) atoms. The Balaban J connectivity index is 1.44. The van der Waals surface area contributed by atoms with Gasteiger partial charge in [-0.1, -0.05) is 90.9 Å². The van der Waals surface area contributed by atoms with Gasteiger partial charge in [-0.3, -0.25) is 4.90 Å². The molecule has 0 aliphatic carbocycles. The number of aliphatic hydroxyl groups is 1. The lowest BCUT2D eigenvalue weighted by Crippen LogP contribution is -2.63. The highest BCUT2D eigenvalue weighted by Crippen LogP contribution is 2.50. The van der Waals surface area contributed by atoms with Crippen molar-refractivity contribution in [1.29, 1.82) is 0 Å². The van der Waals surface area contributed by atoms with E-state index in [2.05, 4.69) is 103 Å². The highest BCUT2D eigenvalue weighted by atomic mass is 16.5. The third-order valence-corrected chi connectivity index (χ3v) is 10.3. The number of benzene rings is 2. The Morgan fingerprint density at radius 3 is 2.02 bits per heavy atom. The van der Waals surface area contributed by atoms with Gasteiger partial charge in [0.1, 0.15) is 0 Å². The van der Waals surface area contributed by atoms with Crippen LogP contribution in [0.3, 0.4) is 0 Å². The van der Waals surface area contributed by atoms with E-state index < -0.39 is 5.60 Å². The fraction of sp³-hybridized carbons (Fsp3) is 0.676. The number of ether oxygens (including phenoxy) is 2. The predicted octanol–water partition coefficient (Wildman–Crippen LogP) is 8.48. The predicted molar refractivity (Wildman–Crippen MR) is 168 cm³/mol. The van der Waals surface area contributed by atoms with E-state index in [1.54, 1.807) is 0 Å². The molecule has 3 fully saturated rings. The summed E-state index contributed by atoms with van der Waals surface area (Å²) in [5.41, 5.74) is 6.22. The first-order valence-corrected chi connectivity index (χ1v) is 16.3. The van der Waals surface area contributed by atoms with E-state index in [-0.39, 0.29) is 24.4 Å². The topological polar surface area (TPSA) is 41.9 Å². The number of hydrogen-bond donors (Lipinski definition) is 1. The van der Waals surface area contributed by atoms with Crippen LogP contribution in [0.4, 0.5) is 0 Å². The van der Waals surface area contributed by atoms with Gasteiger partial charge in [0.2, 0.25) is 0 Å². The second kappa shape index (κ2) is 12.1. The average Bonchev–Trinajstić information content (AvgIpc) is 3.26. The fourth-order valence-corrected chi connectivity index (χ4v) is 8.21. The molecule has 0 aromatic heterocycles. The Hall–Kier alpha value is -1.72. The lowest BCUT2D eigenvalue weighted by molar-refractivity contribution is -0.144. The smallest absolute Gasteiger partial charge is 0.0806 e. The van der Waals surface area contributed by atoms with Crippen LogP contribution in [0, 0.1) is 5.92 Å². The lowest BCUT2D eigenvalue weighted by Gasteiger charge is -2.54. The Morgan fingerprint density at radius 2 is 1.44 bits per heavy atom. The molecule has 3 aliphatic rings. The minimum Gasteiger partial charge on any atom is -0.390 e. The summed E-state index contributed by atoms with van der Waals surface area (Å²) in [6.45, 7) is 21.2. The van der Waals surface area contributed by atoms with Gasteiger partial charge in [0.25, 0.3) is 0 Å². The van der Waals surface area contributed by atoms with E-state index in [0.717, 1.165) is 25.7 Å². The molecule has 0 spiro atoms. The first-order chi connectivity index (χ1) is 19.4. The number of rotatable bonds is 9. The summed E-state index contributed by atoms with van der Waals surface area (Å²) >= 11 is 0. The number of hydrogen-bond acceptors (Lipinski definition) is 4. The summed E-state index contributed by atoms with van der Waals surface area (Å²) in [7, 11) is 0. The van der Waals surface area contributed by atoms with E-state index >= 15 is 0 Å². The summed E-state index contributed by atoms with van der Waals surface area (Å²) in [5.74, 6) is 1.83. The standard InChI is InChI=1S/C37H55NO3/c1-22(2)28-16-29(23(3)4)36(30(17-28)24(5)6)26(8)41-35-18-31-34(40-21-27-13-11-10-12-14-27)15-25(7)32-19-37(9,39)20-33(35)38(31)32/h10-14,16-17,22-26,31-35,39H,15,18-21H2,1-9H3/t25-,26-,31-,32-,33+,34-,35+,37-/m1/s1. The number of piperidine rings is 2. The maximum Gasteiger partial charge on any atom is 0.0806 e. The van der Waals surface area contributed by atoms with Gasteiger partial charge in [-0.15, -0.1) is 0 Å². The van der Waals surface area contributed by atoms with Crippen molar-refractivity contribution in [2.45, 2.75) is 154 Å². The van der Waals surface area contributed by atoms with Gasteiger partial charge >= 0.3 is 0 Å². The zero-order valence-corrected chi connectivity index (χ0v) is 27.1. The Kier molecular flexibility index (Phi) is 9.08. The number of nitrogens with zero attached hydrogens (tertiary/aromatic N) is 1. The van der Waals surface area contributed by atoms with E-state index in [9.17, 15) is 5.11 Å². The molecular weight excluding hydrogens is 506 g/mol. The van der Waals surface area contributed by atoms with Crippen LogP contribution in [0.2, 0.25) is 0 Å². The molecule has 5 rings (SSSR count). The molecule has 4 nitrogen and oxygen atoms in total. The van der Waals surface area contributed by atoms with Crippen molar-refractivity contribution in [3.63, 3.8) is 0 Å². The molecule has 8 atom stereocenters. The summed E-state index contributed by atoms with van der Waals surface area (Å²) in [4.78, 5) is 2.73. The van der Waals surface area contributed by atoms with Crippen LogP contribution in [0.5, 0.6) is 0 Å². The highest BCUT2D eigenvalue weighted by molar-refractivity contribution is 5.45. The molecule has 2 aromatic rings. The molecule has 3 aliphatic heterocycles. The first-order valence-electron chi connectivity index (χ1n) is 16.3. The molecule has 4 heteroatoms. The van der Waals surface area contributed by atoms with Gasteiger partial charge < -0.3 is 14.6 Å². The molecule has 0 amide bonds. The molecule has 0 saturated carbocycles. The van der Waals surface area contributed by atoms with Gasteiger partial charge in [-0.05, 0) is 91.0 Å². The molecule has 3 saturated heterocycles. The molecule has 226 valence electrons. The molecule has 1 N–H and O–H groups in total. The van der Waals surface area contributed by atoms with Crippen molar-refractivity contribution in [3.05, 3.63) is 70.3 Å². The van der Waals surface area contributed by atoms with Crippen molar-refractivity contribution in [3.8, 4) is 0 Å². The zero-order valence-electron chi connectivity index (χ0n) is 27.1. The Bertz CT molecular complexity index is 1140. The van der Waals surface area contributed by atoms with Crippen LogP contribution in [-0.2, 0) is 16.1 Å². The van der Waals surface area contributed by atoms with Crippen LogP contribution < -0.4 is 0 Å². The van der Waals surface area contributed by atoms with Crippen molar-refractivity contribution in [2.75, 3.05) is 0 Å². The van der Waals surface area contributed by atoms with Crippen LogP contribution in [-0.4, -0.2) is 45.9 Å². The van der Waals surface area contributed by atoms with Crippen LogP contribution >= 0.6 is 0 Å². The summed E-state index contributed by atoms with van der Waals surface area (Å²) in [6, 6.07) is 16.3. The first kappa shape index (κ1) is 30.7. The maximum atomic E-state index is 11.4. The van der Waals surface area contributed by atoms with Crippen molar-refractivity contribution < 1.29 is 14.6 Å². The average molecular weight is 562 g/mol. The molecule has 2 aromatic carbocycles. The maximum absolute atomic E-state index is 11.4. The van der Waals surface area contributed by atoms with Gasteiger partial charge in [-0.2, -0.15) is 0 Å². The van der Waals surface area contributed by atoms with Gasteiger partial charge in [0.05, 0.1) is 30.5 Å². The molecule has 3 heterocycles. The van der Waals surface area contributed by atoms with Gasteiger partial charge in [0.15, 0.2) is 0 Å². The van der Waals surface area contributed by atoms with Crippen molar-refractivity contribution in [1.82, 2.24) is 4.90 Å². The van der Waals surface area contributed by atoms with Gasteiger partial charge in [-0.25, -0.2) is 0 Å². The largest absolute Gasteiger partial charge is 0.390 e. The lowest BCUT2D eigenvalue weighted by atomic mass is 9.75. The second-order valence-corrected chi connectivity index (χ2v) is 14.7. The summed E-state index contributed by atoms with van der Waals surface area (Å²) in [6.07, 6.45) is 3.84. The van der Waals surface area contributed by atoms with Crippen LogP contribution in [0.15, 0.2) is 42.5 Å². The normalized spacial score (nSPS) is 32.6. The molecule has 0 unspecified atom stereocenters. The van der Waals surface area contributed by atoms with E-state index in [0.29, 0.717) is 42.4 Å². The van der Waals surface area contributed by atoms with Crippen molar-refractivity contribution in [2.24, 2.45) is 5.92 Å². The molecular formula is C37H55NO3. The Morgan fingerprint density at radius 1 is 0.829 bits per heavy atom. The minimum absolute atomic E-state index is 0.0104. The molecule has 0 radical (unpaired) electrons. The van der Waals surface area contributed by atoms with Gasteiger partial charge in [0, 0.05) is 18.1 Å². The minimum atomic E-state index is -0.664. The quantitative estimate of drug-likeness (QED) is 0.333. The zero-order chi connectivity index (χ0) is 29.6. The van der Waals surface area contributed by atoms with Crippen molar-refractivity contribution >= 4 is 0 Å². The monoisotopic (exact) mass is 561 g/mol. The van der Waals surface area contributed by atoms with E-state index in [4.69, 9.17) is 9.47 Å². The third kappa shape index (κ3) is 6.32. The molecule has 0 bridgehead atoms. The fourth-order valence-electron chi connectivity index (χ4n) is 8.21. The second-order valence-electron chi connectivity index (χ2n) is 14.7. The summed E-state index contributed by atoms with van der Waals surface area (Å²) < 4.78 is 13.9. The highest BCUT2D eigenvalue weighted by Gasteiger charge is 2.57. The van der Waals surface area contributed by atoms with E-state index in [1.165, 1.54) is 27.8 Å². The van der Waals surface area contributed by atoms with Crippen LogP contribution in [0.25, 0.3) is 0 Å².